The van der Waals surface area contributed by atoms with E-state index in [2.05, 4.69) is 5.32 Å². The molecule has 0 atom stereocenters. The number of para-hydroxylation sites is 1. The molecule has 6 heteroatoms. The highest BCUT2D eigenvalue weighted by atomic mass is 19.1. The van der Waals surface area contributed by atoms with Crippen molar-refractivity contribution in [3.63, 3.8) is 0 Å². The van der Waals surface area contributed by atoms with E-state index in [4.69, 9.17) is 0 Å². The van der Waals surface area contributed by atoms with Crippen LogP contribution < -0.4 is 10.0 Å². The van der Waals surface area contributed by atoms with Gasteiger partial charge in [-0.2, -0.15) is 4.73 Å². The summed E-state index contributed by atoms with van der Waals surface area (Å²) in [5, 5.41) is 14.4. The number of hydrogen-bond acceptors (Lipinski definition) is 3. The Morgan fingerprint density at radius 2 is 1.92 bits per heavy atom. The van der Waals surface area contributed by atoms with Crippen LogP contribution in [0.15, 0.2) is 48.7 Å². The molecule has 1 aromatic carbocycles. The summed E-state index contributed by atoms with van der Waals surface area (Å²) in [4.78, 5) is 14.1. The van der Waals surface area contributed by atoms with E-state index in [9.17, 15) is 14.4 Å². The number of anilines is 1. The number of likely N-dealkylation sites (tertiary alicyclic amines) is 1. The van der Waals surface area contributed by atoms with E-state index in [1.54, 1.807) is 24.3 Å². The van der Waals surface area contributed by atoms with Crippen molar-refractivity contribution >= 4 is 11.6 Å². The summed E-state index contributed by atoms with van der Waals surface area (Å²) >= 11 is 0. The molecule has 0 radical (unpaired) electrons. The largest absolute Gasteiger partial charge is 0.618 e. The molecule has 0 unspecified atom stereocenters. The van der Waals surface area contributed by atoms with Gasteiger partial charge < -0.3 is 10.5 Å². The molecule has 1 aliphatic rings. The first-order valence-electron chi connectivity index (χ1n) is 8.08. The maximum atomic E-state index is 13.5. The molecule has 2 heterocycles. The Morgan fingerprint density at radius 3 is 2.62 bits per heavy atom. The lowest BCUT2D eigenvalue weighted by Crippen LogP contribution is -2.41. The lowest BCUT2D eigenvalue weighted by Gasteiger charge is -2.30. The summed E-state index contributed by atoms with van der Waals surface area (Å²) in [6.45, 7) is 1.71. The Balaban J connectivity index is 1.51. The Labute approximate surface area is 140 Å². The zero-order valence-corrected chi connectivity index (χ0v) is 13.3. The number of rotatable bonds is 4. The molecule has 126 valence electrons. The summed E-state index contributed by atoms with van der Waals surface area (Å²) in [6.07, 6.45) is 3.18. The standard InChI is InChI=1S/C18H20FN3O2/c19-15-5-1-2-6-16(15)20-18(23)13-21-11-8-14(9-12-21)17-7-3-4-10-22(17)24/h1-7,10,14H,8-9,11-13H2,(H,20,23). The van der Waals surface area contributed by atoms with Gasteiger partial charge in [-0.1, -0.05) is 18.2 Å². The number of benzene rings is 1. The minimum Gasteiger partial charge on any atom is -0.618 e. The van der Waals surface area contributed by atoms with Crippen LogP contribution in [0.2, 0.25) is 0 Å². The molecule has 0 aliphatic carbocycles. The minimum atomic E-state index is -0.436. The first-order chi connectivity index (χ1) is 11.6. The maximum absolute atomic E-state index is 13.5. The normalized spacial score (nSPS) is 16.0. The van der Waals surface area contributed by atoms with E-state index in [0.717, 1.165) is 36.4 Å². The van der Waals surface area contributed by atoms with Crippen LogP contribution in [0.5, 0.6) is 0 Å². The van der Waals surface area contributed by atoms with Gasteiger partial charge >= 0.3 is 0 Å². The number of carbonyl (C=O) groups is 1. The molecule has 1 fully saturated rings. The van der Waals surface area contributed by atoms with Gasteiger partial charge in [0, 0.05) is 18.1 Å². The number of pyridine rings is 1. The monoisotopic (exact) mass is 329 g/mol. The van der Waals surface area contributed by atoms with Crippen LogP contribution in [-0.2, 0) is 4.79 Å². The number of nitrogens with one attached hydrogen (secondary N) is 1. The highest BCUT2D eigenvalue weighted by Crippen LogP contribution is 2.25. The molecule has 1 aromatic heterocycles. The zero-order valence-electron chi connectivity index (χ0n) is 13.3. The highest BCUT2D eigenvalue weighted by Gasteiger charge is 2.26. The van der Waals surface area contributed by atoms with Gasteiger partial charge in [0.2, 0.25) is 5.91 Å². The van der Waals surface area contributed by atoms with Crippen LogP contribution >= 0.6 is 0 Å². The number of piperidine rings is 1. The average molecular weight is 329 g/mol. The molecule has 24 heavy (non-hydrogen) atoms. The average Bonchev–Trinajstić information content (AvgIpc) is 2.58. The number of aromatic nitrogens is 1. The molecule has 0 saturated carbocycles. The van der Waals surface area contributed by atoms with Gasteiger partial charge in [0.05, 0.1) is 12.2 Å². The molecule has 0 spiro atoms. The second-order valence-corrected chi connectivity index (χ2v) is 6.03. The van der Waals surface area contributed by atoms with Crippen LogP contribution in [0.1, 0.15) is 24.5 Å². The smallest absolute Gasteiger partial charge is 0.238 e. The lowest BCUT2D eigenvalue weighted by molar-refractivity contribution is -0.616. The van der Waals surface area contributed by atoms with E-state index in [1.165, 1.54) is 12.3 Å². The van der Waals surface area contributed by atoms with Crippen molar-refractivity contribution in [3.05, 3.63) is 65.4 Å². The number of carbonyl (C=O) groups excluding carboxylic acids is 1. The van der Waals surface area contributed by atoms with E-state index in [-0.39, 0.29) is 24.1 Å². The van der Waals surface area contributed by atoms with Crippen molar-refractivity contribution < 1.29 is 13.9 Å². The summed E-state index contributed by atoms with van der Waals surface area (Å²) in [7, 11) is 0. The lowest BCUT2D eigenvalue weighted by atomic mass is 9.93. The molecular formula is C18H20FN3O2. The van der Waals surface area contributed by atoms with Crippen LogP contribution in [-0.4, -0.2) is 30.4 Å². The van der Waals surface area contributed by atoms with Crippen molar-refractivity contribution in [3.8, 4) is 0 Å². The number of hydrogen-bond donors (Lipinski definition) is 1. The van der Waals surface area contributed by atoms with Crippen LogP contribution in [0.25, 0.3) is 0 Å². The third kappa shape index (κ3) is 3.89. The third-order valence-corrected chi connectivity index (χ3v) is 4.38. The fraction of sp³-hybridized carbons (Fsp3) is 0.333. The predicted molar refractivity (Wildman–Crippen MR) is 88.8 cm³/mol. The quantitative estimate of drug-likeness (QED) is 0.691. The molecule has 1 saturated heterocycles. The zero-order chi connectivity index (χ0) is 16.9. The summed E-state index contributed by atoms with van der Waals surface area (Å²) in [6, 6.07) is 11.6. The molecule has 2 aromatic rings. The second kappa shape index (κ2) is 7.40. The third-order valence-electron chi connectivity index (χ3n) is 4.38. The Bertz CT molecular complexity index is 715. The van der Waals surface area contributed by atoms with Gasteiger partial charge in [-0.05, 0) is 38.1 Å². The van der Waals surface area contributed by atoms with E-state index in [1.807, 2.05) is 17.0 Å². The number of nitrogens with zero attached hydrogens (tertiary/aromatic N) is 2. The summed E-state index contributed by atoms with van der Waals surface area (Å²) in [5.41, 5.74) is 0.988. The van der Waals surface area contributed by atoms with Crippen molar-refractivity contribution in [1.82, 2.24) is 4.90 Å². The second-order valence-electron chi connectivity index (χ2n) is 6.03. The minimum absolute atomic E-state index is 0.203. The first kappa shape index (κ1) is 16.4. The number of halogens is 1. The van der Waals surface area contributed by atoms with Gasteiger partial charge in [-0.25, -0.2) is 4.39 Å². The SMILES string of the molecule is O=C(CN1CCC(c2cccc[n+]2[O-])CC1)Nc1ccccc1F. The number of amides is 1. The maximum Gasteiger partial charge on any atom is 0.238 e. The first-order valence-corrected chi connectivity index (χ1v) is 8.08. The highest BCUT2D eigenvalue weighted by molar-refractivity contribution is 5.92. The molecular weight excluding hydrogens is 309 g/mol. The van der Waals surface area contributed by atoms with Crippen molar-refractivity contribution in [2.45, 2.75) is 18.8 Å². The van der Waals surface area contributed by atoms with Gasteiger partial charge in [0.1, 0.15) is 5.82 Å². The van der Waals surface area contributed by atoms with Gasteiger partial charge in [0.15, 0.2) is 11.9 Å². The topological polar surface area (TPSA) is 59.3 Å². The van der Waals surface area contributed by atoms with E-state index in [0.29, 0.717) is 0 Å². The van der Waals surface area contributed by atoms with Crippen molar-refractivity contribution in [1.29, 1.82) is 0 Å². The van der Waals surface area contributed by atoms with E-state index < -0.39 is 5.82 Å². The fourth-order valence-corrected chi connectivity index (χ4v) is 3.10. The predicted octanol–water partition coefficient (Wildman–Crippen LogP) is 2.28. The Hall–Kier alpha value is -2.47. The van der Waals surface area contributed by atoms with Gasteiger partial charge in [-0.15, -0.1) is 0 Å². The molecule has 3 rings (SSSR count). The summed E-state index contributed by atoms with van der Waals surface area (Å²) < 4.78 is 14.5. The summed E-state index contributed by atoms with van der Waals surface area (Å²) in [5.74, 6) is -0.444. The molecule has 0 bridgehead atoms. The molecule has 1 amide bonds. The van der Waals surface area contributed by atoms with E-state index >= 15 is 0 Å². The van der Waals surface area contributed by atoms with Crippen LogP contribution in [0.3, 0.4) is 0 Å². The molecule has 1 N–H and O–H groups in total. The Morgan fingerprint density at radius 1 is 1.21 bits per heavy atom. The van der Waals surface area contributed by atoms with Gasteiger partial charge in [0.25, 0.3) is 0 Å². The van der Waals surface area contributed by atoms with Crippen molar-refractivity contribution in [2.75, 3.05) is 25.0 Å². The molecule has 1 aliphatic heterocycles. The van der Waals surface area contributed by atoms with Gasteiger partial charge in [-0.3, -0.25) is 9.69 Å². The Kier molecular flexibility index (Phi) is 5.05. The van der Waals surface area contributed by atoms with Crippen molar-refractivity contribution in [2.24, 2.45) is 0 Å². The van der Waals surface area contributed by atoms with Crippen LogP contribution in [0.4, 0.5) is 10.1 Å². The molecule has 5 nitrogen and oxygen atoms in total. The van der Waals surface area contributed by atoms with Crippen LogP contribution in [0, 0.1) is 11.0 Å². The fourth-order valence-electron chi connectivity index (χ4n) is 3.10.